The molecule has 0 bridgehead atoms. The molecule has 4 N–H and O–H groups in total. The minimum Gasteiger partial charge on any atom is -0.475 e. The second-order valence-corrected chi connectivity index (χ2v) is 13.7. The van der Waals surface area contributed by atoms with Gasteiger partial charge in [0.2, 0.25) is 10.0 Å². The molecule has 1 aliphatic rings. The summed E-state index contributed by atoms with van der Waals surface area (Å²) in [7, 11) is -1.12. The largest absolute Gasteiger partial charge is 0.490 e. The lowest BCUT2D eigenvalue weighted by Gasteiger charge is -2.31. The normalized spacial score (nSPS) is 15.0. The van der Waals surface area contributed by atoms with Crippen LogP contribution in [0.4, 0.5) is 13.2 Å². The maximum Gasteiger partial charge on any atom is 0.490 e. The molecule has 44 heavy (non-hydrogen) atoms. The van der Waals surface area contributed by atoms with Crippen LogP contribution in [0.1, 0.15) is 52.2 Å². The summed E-state index contributed by atoms with van der Waals surface area (Å²) in [6, 6.07) is 10.0. The molecular weight excluding hydrogens is 621 g/mol. The molecule has 1 aliphatic heterocycles. The number of carbonyl (C=O) groups is 2. The van der Waals surface area contributed by atoms with Gasteiger partial charge in [0.25, 0.3) is 5.91 Å². The minimum absolute atomic E-state index is 0.122. The van der Waals surface area contributed by atoms with Gasteiger partial charge in [0.15, 0.2) is 0 Å². The first-order chi connectivity index (χ1) is 20.7. The van der Waals surface area contributed by atoms with Gasteiger partial charge in [-0.1, -0.05) is 0 Å². The highest BCUT2D eigenvalue weighted by Crippen LogP contribution is 2.38. The number of benzene rings is 1. The highest BCUT2D eigenvalue weighted by molar-refractivity contribution is 7.89. The summed E-state index contributed by atoms with van der Waals surface area (Å²) in [4.78, 5) is 28.0. The predicted molar refractivity (Wildman–Crippen MR) is 161 cm³/mol. The van der Waals surface area contributed by atoms with E-state index in [0.717, 1.165) is 59.3 Å². The average molecular weight is 655 g/mol. The number of carboxylic acid groups (broad SMARTS) is 1. The molecule has 3 aromatic heterocycles. The zero-order valence-electron chi connectivity index (χ0n) is 24.1. The molecule has 0 aliphatic carbocycles. The van der Waals surface area contributed by atoms with Gasteiger partial charge < -0.3 is 20.2 Å². The third kappa shape index (κ3) is 7.88. The summed E-state index contributed by atoms with van der Waals surface area (Å²) in [5, 5.41) is 10.2. The van der Waals surface area contributed by atoms with Crippen LogP contribution in [0.3, 0.4) is 0 Å². The third-order valence-electron chi connectivity index (χ3n) is 7.40. The van der Waals surface area contributed by atoms with E-state index < -0.39 is 28.1 Å². The molecule has 238 valence electrons. The van der Waals surface area contributed by atoms with Crippen molar-refractivity contribution in [2.75, 3.05) is 25.9 Å². The van der Waals surface area contributed by atoms with Gasteiger partial charge in [-0.15, -0.1) is 11.3 Å². The number of nitrogens with zero attached hydrogens (tertiary/aromatic N) is 2. The Morgan fingerprint density at radius 2 is 1.86 bits per heavy atom. The number of rotatable bonds is 9. The lowest BCUT2D eigenvalue weighted by Crippen LogP contribution is -2.38. The van der Waals surface area contributed by atoms with Crippen LogP contribution in [0.15, 0.2) is 52.6 Å². The van der Waals surface area contributed by atoms with E-state index >= 15 is 0 Å². The molecule has 0 saturated carbocycles. The molecule has 0 atom stereocenters. The molecule has 1 fully saturated rings. The maximum atomic E-state index is 12.4. The zero-order chi connectivity index (χ0) is 32.2. The standard InChI is InChI=1S/C27H32N4O4S2.C2HF3O2/c1-3-37(33,34)31-8-6-18(7-9-31)25-14-29-26-23(25)12-19(13-24(26)27(28)32)20-11-22(36-17-20)16-30(2)15-21-5-4-10-35-21;3-2(4,5)1(6)7/h4-5,10-14,17-18,29H,3,6-9,15-16H2,1-2H3,(H2,28,32);(H,6,7). The first kappa shape index (κ1) is 33.2. The van der Waals surface area contributed by atoms with E-state index in [4.69, 9.17) is 20.1 Å². The number of aliphatic carboxylic acids is 1. The summed E-state index contributed by atoms with van der Waals surface area (Å²) in [6.07, 6.45) is 0.0442. The second kappa shape index (κ2) is 13.5. The molecule has 4 aromatic rings. The van der Waals surface area contributed by atoms with Gasteiger partial charge in [-0.2, -0.15) is 13.2 Å². The lowest BCUT2D eigenvalue weighted by molar-refractivity contribution is -0.192. The number of alkyl halides is 3. The highest BCUT2D eigenvalue weighted by atomic mass is 32.2. The fraction of sp³-hybridized carbons (Fsp3) is 0.379. The van der Waals surface area contributed by atoms with Crippen molar-refractivity contribution in [2.24, 2.45) is 5.73 Å². The summed E-state index contributed by atoms with van der Waals surface area (Å²) >= 11 is 1.69. The molecule has 4 heterocycles. The minimum atomic E-state index is -5.08. The van der Waals surface area contributed by atoms with Gasteiger partial charge >= 0.3 is 12.1 Å². The number of carbonyl (C=O) groups excluding carboxylic acids is 1. The topological polar surface area (TPSA) is 150 Å². The number of thiophene rings is 1. The Morgan fingerprint density at radius 1 is 1.18 bits per heavy atom. The maximum absolute atomic E-state index is 12.4. The Hall–Kier alpha value is -3.66. The highest BCUT2D eigenvalue weighted by Gasteiger charge is 2.38. The number of hydrogen-bond acceptors (Lipinski definition) is 7. The first-order valence-corrected chi connectivity index (χ1v) is 16.2. The quantitative estimate of drug-likeness (QED) is 0.219. The van der Waals surface area contributed by atoms with Crippen LogP contribution in [-0.2, 0) is 27.9 Å². The lowest BCUT2D eigenvalue weighted by atomic mass is 9.88. The zero-order valence-corrected chi connectivity index (χ0v) is 25.7. The molecule has 0 unspecified atom stereocenters. The van der Waals surface area contributed by atoms with Crippen LogP contribution in [0.25, 0.3) is 22.0 Å². The van der Waals surface area contributed by atoms with Crippen LogP contribution in [-0.4, -0.2) is 71.7 Å². The SMILES string of the molecule is CCS(=O)(=O)N1CCC(c2c[nH]c3c(C(N)=O)cc(-c4csc(CN(C)Cc5ccco5)c4)cc23)CC1.O=C(O)C(F)(F)F. The van der Waals surface area contributed by atoms with E-state index in [0.29, 0.717) is 18.7 Å². The number of furan rings is 1. The molecular formula is C29H33F3N4O6S2. The smallest absolute Gasteiger partial charge is 0.475 e. The van der Waals surface area contributed by atoms with Gasteiger partial charge in [0.1, 0.15) is 5.76 Å². The molecule has 1 saturated heterocycles. The van der Waals surface area contributed by atoms with Crippen LogP contribution >= 0.6 is 11.3 Å². The molecule has 0 radical (unpaired) electrons. The average Bonchev–Trinajstić information content (AvgIpc) is 3.74. The summed E-state index contributed by atoms with van der Waals surface area (Å²) in [6.45, 7) is 4.21. The van der Waals surface area contributed by atoms with Crippen LogP contribution < -0.4 is 5.73 Å². The molecule has 1 aromatic carbocycles. The van der Waals surface area contributed by atoms with Crippen LogP contribution in [0.5, 0.6) is 0 Å². The number of amides is 1. The van der Waals surface area contributed by atoms with Gasteiger partial charge in [-0.25, -0.2) is 17.5 Å². The van der Waals surface area contributed by atoms with Crippen molar-refractivity contribution in [3.05, 3.63) is 69.9 Å². The fourth-order valence-electron chi connectivity index (χ4n) is 5.18. The molecule has 10 nitrogen and oxygen atoms in total. The van der Waals surface area contributed by atoms with Crippen molar-refractivity contribution in [2.45, 2.75) is 44.9 Å². The van der Waals surface area contributed by atoms with Gasteiger partial charge in [0.05, 0.1) is 29.6 Å². The van der Waals surface area contributed by atoms with E-state index in [1.165, 1.54) is 4.88 Å². The van der Waals surface area contributed by atoms with Crippen LogP contribution in [0, 0.1) is 0 Å². The van der Waals surface area contributed by atoms with E-state index in [2.05, 4.69) is 34.4 Å². The number of H-pyrrole nitrogens is 1. The molecule has 1 amide bonds. The number of aromatic amines is 1. The van der Waals surface area contributed by atoms with Crippen LogP contribution in [0.2, 0.25) is 0 Å². The van der Waals surface area contributed by atoms with E-state index in [1.54, 1.807) is 28.8 Å². The fourth-order valence-corrected chi connectivity index (χ4v) is 7.29. The number of halogens is 3. The Bertz CT molecular complexity index is 1710. The Balaban J connectivity index is 0.000000566. The number of nitrogens with one attached hydrogen (secondary N) is 1. The van der Waals surface area contributed by atoms with Crippen molar-refractivity contribution >= 4 is 44.1 Å². The third-order valence-corrected chi connectivity index (χ3v) is 10.2. The number of fused-ring (bicyclic) bond motifs is 1. The summed E-state index contributed by atoms with van der Waals surface area (Å²) in [5.41, 5.74) is 10.1. The first-order valence-electron chi connectivity index (χ1n) is 13.7. The molecule has 5 rings (SSSR count). The monoisotopic (exact) mass is 654 g/mol. The number of aromatic nitrogens is 1. The molecule has 0 spiro atoms. The van der Waals surface area contributed by atoms with Gasteiger partial charge in [0, 0.05) is 36.1 Å². The Kier molecular flexibility index (Phi) is 10.2. The number of hydrogen-bond donors (Lipinski definition) is 3. The van der Waals surface area contributed by atoms with E-state index in [9.17, 15) is 26.4 Å². The van der Waals surface area contributed by atoms with Crippen molar-refractivity contribution in [1.29, 1.82) is 0 Å². The Labute approximate surface area is 256 Å². The predicted octanol–water partition coefficient (Wildman–Crippen LogP) is 5.38. The van der Waals surface area contributed by atoms with E-state index in [1.807, 2.05) is 24.4 Å². The summed E-state index contributed by atoms with van der Waals surface area (Å²) in [5.74, 6) is -1.97. The number of primary amides is 1. The van der Waals surface area contributed by atoms with Crippen molar-refractivity contribution in [3.8, 4) is 11.1 Å². The number of carboxylic acids is 1. The van der Waals surface area contributed by atoms with Crippen molar-refractivity contribution in [3.63, 3.8) is 0 Å². The number of piperidine rings is 1. The van der Waals surface area contributed by atoms with Crippen molar-refractivity contribution < 1.29 is 40.7 Å². The van der Waals surface area contributed by atoms with E-state index in [-0.39, 0.29) is 11.7 Å². The summed E-state index contributed by atoms with van der Waals surface area (Å²) < 4.78 is 63.4. The van der Waals surface area contributed by atoms with Gasteiger partial charge in [-0.05, 0) is 85.1 Å². The number of sulfonamides is 1. The van der Waals surface area contributed by atoms with Gasteiger partial charge in [-0.3, -0.25) is 9.69 Å². The molecule has 15 heteroatoms. The number of nitrogens with two attached hydrogens (primary N) is 1. The Morgan fingerprint density at radius 3 is 2.43 bits per heavy atom. The van der Waals surface area contributed by atoms with Crippen molar-refractivity contribution in [1.82, 2.24) is 14.2 Å². The second-order valence-electron chi connectivity index (χ2n) is 10.5.